The third kappa shape index (κ3) is 3.87. The highest BCUT2D eigenvalue weighted by atomic mass is 32.2. The SMILES string of the molecule is CCCCn1nnnc1CSc1nnc(-c2ccc(F)cc2)c2ccccc12. The molecule has 8 heteroatoms. The molecular weight excluding hydrogens is 375 g/mol. The predicted molar refractivity (Wildman–Crippen MR) is 107 cm³/mol. The zero-order valence-electron chi connectivity index (χ0n) is 15.4. The van der Waals surface area contributed by atoms with E-state index in [0.717, 1.165) is 52.3 Å². The van der Waals surface area contributed by atoms with Crippen LogP contribution in [0.1, 0.15) is 25.6 Å². The molecule has 0 amide bonds. The van der Waals surface area contributed by atoms with Crippen LogP contribution in [0.4, 0.5) is 4.39 Å². The van der Waals surface area contributed by atoms with E-state index < -0.39 is 0 Å². The smallest absolute Gasteiger partial charge is 0.161 e. The van der Waals surface area contributed by atoms with Crippen molar-refractivity contribution in [2.45, 2.75) is 37.1 Å². The predicted octanol–water partition coefficient (Wildman–Crippen LogP) is 4.51. The third-order valence-electron chi connectivity index (χ3n) is 4.44. The van der Waals surface area contributed by atoms with Crippen LogP contribution in [0.5, 0.6) is 0 Å². The highest BCUT2D eigenvalue weighted by molar-refractivity contribution is 7.98. The van der Waals surface area contributed by atoms with Gasteiger partial charge in [-0.15, -0.1) is 15.3 Å². The van der Waals surface area contributed by atoms with E-state index in [-0.39, 0.29) is 5.82 Å². The number of hydrogen-bond acceptors (Lipinski definition) is 6. The van der Waals surface area contributed by atoms with Gasteiger partial charge in [0.05, 0.1) is 5.75 Å². The normalized spacial score (nSPS) is 11.2. The molecule has 0 saturated heterocycles. The Morgan fingerprint density at radius 3 is 2.54 bits per heavy atom. The molecule has 0 unspecified atom stereocenters. The molecule has 6 nitrogen and oxygen atoms in total. The summed E-state index contributed by atoms with van der Waals surface area (Å²) in [5.74, 6) is 1.17. The minimum absolute atomic E-state index is 0.269. The van der Waals surface area contributed by atoms with Crippen LogP contribution in [0.25, 0.3) is 22.0 Å². The first-order valence-electron chi connectivity index (χ1n) is 9.15. The van der Waals surface area contributed by atoms with Gasteiger partial charge < -0.3 is 0 Å². The van der Waals surface area contributed by atoms with E-state index in [1.54, 1.807) is 23.9 Å². The number of fused-ring (bicyclic) bond motifs is 1. The average Bonchev–Trinajstić information content (AvgIpc) is 3.18. The topological polar surface area (TPSA) is 69.4 Å². The Hall–Kier alpha value is -2.87. The summed E-state index contributed by atoms with van der Waals surface area (Å²) in [6.07, 6.45) is 2.13. The molecule has 2 aromatic carbocycles. The van der Waals surface area contributed by atoms with Gasteiger partial charge in [0.15, 0.2) is 5.82 Å². The number of aryl methyl sites for hydroxylation is 1. The van der Waals surface area contributed by atoms with E-state index in [4.69, 9.17) is 0 Å². The summed E-state index contributed by atoms with van der Waals surface area (Å²) in [5.41, 5.74) is 1.58. The molecule has 0 aliphatic heterocycles. The number of benzene rings is 2. The number of hydrogen-bond donors (Lipinski definition) is 0. The summed E-state index contributed by atoms with van der Waals surface area (Å²) < 4.78 is 15.1. The van der Waals surface area contributed by atoms with Gasteiger partial charge in [-0.2, -0.15) is 0 Å². The van der Waals surface area contributed by atoms with Gasteiger partial charge in [0, 0.05) is 22.9 Å². The fourth-order valence-corrected chi connectivity index (χ4v) is 3.85. The van der Waals surface area contributed by atoms with Crippen molar-refractivity contribution in [2.24, 2.45) is 0 Å². The molecule has 0 saturated carbocycles. The second-order valence-corrected chi connectivity index (χ2v) is 7.33. The standard InChI is InChI=1S/C20H19FN6S/c1-2-3-12-27-18(22-25-26-27)13-28-20-17-7-5-4-6-16(17)19(23-24-20)14-8-10-15(21)11-9-14/h4-11H,2-3,12-13H2,1H3. The van der Waals surface area contributed by atoms with Gasteiger partial charge in [-0.05, 0) is 41.1 Å². The van der Waals surface area contributed by atoms with Crippen molar-refractivity contribution < 1.29 is 4.39 Å². The summed E-state index contributed by atoms with van der Waals surface area (Å²) >= 11 is 1.56. The fraction of sp³-hybridized carbons (Fsp3) is 0.250. The van der Waals surface area contributed by atoms with E-state index in [1.807, 2.05) is 28.9 Å². The molecule has 0 N–H and O–H groups in total. The van der Waals surface area contributed by atoms with E-state index in [0.29, 0.717) is 5.75 Å². The van der Waals surface area contributed by atoms with Crippen molar-refractivity contribution in [2.75, 3.05) is 0 Å². The molecule has 0 aliphatic carbocycles. The maximum atomic E-state index is 13.3. The van der Waals surface area contributed by atoms with Gasteiger partial charge in [0.2, 0.25) is 0 Å². The van der Waals surface area contributed by atoms with Crippen molar-refractivity contribution in [3.05, 3.63) is 60.2 Å². The summed E-state index contributed by atoms with van der Waals surface area (Å²) in [5, 5.41) is 23.7. The van der Waals surface area contributed by atoms with Crippen LogP contribution in [-0.2, 0) is 12.3 Å². The Morgan fingerprint density at radius 2 is 1.75 bits per heavy atom. The zero-order valence-corrected chi connectivity index (χ0v) is 16.2. The Balaban J connectivity index is 1.63. The van der Waals surface area contributed by atoms with Crippen molar-refractivity contribution in [1.29, 1.82) is 0 Å². The minimum atomic E-state index is -0.269. The summed E-state index contributed by atoms with van der Waals surface area (Å²) in [4.78, 5) is 0. The molecule has 0 fully saturated rings. The van der Waals surface area contributed by atoms with Crippen LogP contribution in [0.3, 0.4) is 0 Å². The maximum absolute atomic E-state index is 13.3. The lowest BCUT2D eigenvalue weighted by Crippen LogP contribution is -2.05. The first kappa shape index (κ1) is 18.5. The Labute approximate surface area is 166 Å². The molecule has 4 rings (SSSR count). The van der Waals surface area contributed by atoms with Crippen molar-refractivity contribution >= 4 is 22.5 Å². The fourth-order valence-electron chi connectivity index (χ4n) is 2.95. The molecule has 2 aromatic heterocycles. The highest BCUT2D eigenvalue weighted by Gasteiger charge is 2.13. The monoisotopic (exact) mass is 394 g/mol. The van der Waals surface area contributed by atoms with Crippen LogP contribution in [0, 0.1) is 5.82 Å². The van der Waals surface area contributed by atoms with E-state index in [1.165, 1.54) is 12.1 Å². The lowest BCUT2D eigenvalue weighted by Gasteiger charge is -2.09. The number of tetrazole rings is 1. The number of thioether (sulfide) groups is 1. The Bertz CT molecular complexity index is 1080. The first-order chi connectivity index (χ1) is 13.8. The van der Waals surface area contributed by atoms with Gasteiger partial charge in [-0.1, -0.05) is 49.4 Å². The molecule has 28 heavy (non-hydrogen) atoms. The van der Waals surface area contributed by atoms with Gasteiger partial charge in [-0.25, -0.2) is 9.07 Å². The van der Waals surface area contributed by atoms with E-state index in [2.05, 4.69) is 32.6 Å². The Morgan fingerprint density at radius 1 is 0.964 bits per heavy atom. The molecule has 0 aliphatic rings. The molecule has 4 aromatic rings. The second-order valence-electron chi connectivity index (χ2n) is 6.37. The summed E-state index contributed by atoms with van der Waals surface area (Å²) in [6.45, 7) is 2.96. The van der Waals surface area contributed by atoms with Gasteiger partial charge in [0.25, 0.3) is 0 Å². The van der Waals surface area contributed by atoms with Gasteiger partial charge in [0.1, 0.15) is 16.5 Å². The molecular formula is C20H19FN6S. The molecule has 0 radical (unpaired) electrons. The molecule has 2 heterocycles. The third-order valence-corrected chi connectivity index (χ3v) is 5.42. The molecule has 142 valence electrons. The largest absolute Gasteiger partial charge is 0.229 e. The highest BCUT2D eigenvalue weighted by Crippen LogP contribution is 2.32. The molecule has 0 spiro atoms. The number of unbranched alkanes of at least 4 members (excludes halogenated alkanes) is 1. The van der Waals surface area contributed by atoms with Crippen molar-refractivity contribution in [1.82, 2.24) is 30.4 Å². The van der Waals surface area contributed by atoms with E-state index >= 15 is 0 Å². The average molecular weight is 394 g/mol. The number of nitrogens with zero attached hydrogens (tertiary/aromatic N) is 6. The van der Waals surface area contributed by atoms with Crippen LogP contribution in [-0.4, -0.2) is 30.4 Å². The molecule has 0 atom stereocenters. The van der Waals surface area contributed by atoms with Crippen molar-refractivity contribution in [3.63, 3.8) is 0 Å². The quantitative estimate of drug-likeness (QED) is 0.430. The number of rotatable bonds is 7. The maximum Gasteiger partial charge on any atom is 0.161 e. The van der Waals surface area contributed by atoms with Gasteiger partial charge >= 0.3 is 0 Å². The Kier molecular flexibility index (Phi) is 5.57. The zero-order chi connectivity index (χ0) is 19.3. The van der Waals surface area contributed by atoms with E-state index in [9.17, 15) is 4.39 Å². The summed E-state index contributed by atoms with van der Waals surface area (Å²) in [7, 11) is 0. The number of aromatic nitrogens is 6. The van der Waals surface area contributed by atoms with Crippen LogP contribution >= 0.6 is 11.8 Å². The number of halogens is 1. The lowest BCUT2D eigenvalue weighted by molar-refractivity contribution is 0.540. The first-order valence-corrected chi connectivity index (χ1v) is 10.1. The van der Waals surface area contributed by atoms with Gasteiger partial charge in [-0.3, -0.25) is 0 Å². The lowest BCUT2D eigenvalue weighted by atomic mass is 10.1. The van der Waals surface area contributed by atoms with Crippen LogP contribution < -0.4 is 0 Å². The van der Waals surface area contributed by atoms with Crippen molar-refractivity contribution in [3.8, 4) is 11.3 Å². The van der Waals surface area contributed by atoms with Crippen LogP contribution in [0.15, 0.2) is 53.6 Å². The minimum Gasteiger partial charge on any atom is -0.229 e. The molecule has 0 bridgehead atoms. The summed E-state index contributed by atoms with van der Waals surface area (Å²) in [6, 6.07) is 14.3. The second kappa shape index (κ2) is 8.43. The van der Waals surface area contributed by atoms with Crippen LogP contribution in [0.2, 0.25) is 0 Å².